The first-order valence-electron chi connectivity index (χ1n) is 5.03. The van der Waals surface area contributed by atoms with E-state index in [1.54, 1.807) is 4.90 Å². The van der Waals surface area contributed by atoms with Gasteiger partial charge in [0.15, 0.2) is 9.84 Å². The summed E-state index contributed by atoms with van der Waals surface area (Å²) in [4.78, 5) is 13.3. The summed E-state index contributed by atoms with van der Waals surface area (Å²) in [7, 11) is -3.25. The van der Waals surface area contributed by atoms with Gasteiger partial charge in [0, 0.05) is 18.5 Å². The van der Waals surface area contributed by atoms with Gasteiger partial charge in [-0.05, 0) is 18.1 Å². The maximum Gasteiger partial charge on any atom is 0.242 e. The lowest BCUT2D eigenvalue weighted by Gasteiger charge is -2.16. The number of amides is 1. The third kappa shape index (κ3) is 2.24. The zero-order valence-electron chi connectivity index (χ0n) is 9.01. The summed E-state index contributed by atoms with van der Waals surface area (Å²) in [5.41, 5.74) is 1.94. The fourth-order valence-corrected chi connectivity index (χ4v) is 2.50. The molecule has 0 spiro atoms. The standard InChI is InChI=1S/C11H13NO3S/c1-16(14,15)8-11(13)12-7-6-9-4-2-3-5-10(9)12/h2-5H,6-8H2,1H3. The molecule has 0 aromatic heterocycles. The van der Waals surface area contributed by atoms with Crippen molar-refractivity contribution in [2.45, 2.75) is 6.42 Å². The topological polar surface area (TPSA) is 54.5 Å². The smallest absolute Gasteiger partial charge is 0.242 e. The van der Waals surface area contributed by atoms with Crippen molar-refractivity contribution in [3.63, 3.8) is 0 Å². The van der Waals surface area contributed by atoms with Crippen LogP contribution in [0.4, 0.5) is 5.69 Å². The first kappa shape index (κ1) is 11.1. The molecule has 86 valence electrons. The third-order valence-electron chi connectivity index (χ3n) is 2.57. The van der Waals surface area contributed by atoms with E-state index in [0.717, 1.165) is 23.9 Å². The number of benzene rings is 1. The number of carbonyl (C=O) groups is 1. The lowest BCUT2D eigenvalue weighted by Crippen LogP contribution is -2.34. The molecule has 0 radical (unpaired) electrons. The highest BCUT2D eigenvalue weighted by Crippen LogP contribution is 2.27. The van der Waals surface area contributed by atoms with Crippen molar-refractivity contribution in [2.24, 2.45) is 0 Å². The molecule has 4 nitrogen and oxygen atoms in total. The molecule has 1 aliphatic rings. The molecule has 0 atom stereocenters. The van der Waals surface area contributed by atoms with E-state index in [1.807, 2.05) is 24.3 Å². The van der Waals surface area contributed by atoms with Crippen LogP contribution < -0.4 is 4.90 Å². The lowest BCUT2D eigenvalue weighted by molar-refractivity contribution is -0.116. The van der Waals surface area contributed by atoms with Gasteiger partial charge in [-0.1, -0.05) is 18.2 Å². The molecule has 16 heavy (non-hydrogen) atoms. The Morgan fingerprint density at radius 3 is 2.75 bits per heavy atom. The summed E-state index contributed by atoms with van der Waals surface area (Å²) in [6.07, 6.45) is 1.87. The van der Waals surface area contributed by atoms with Crippen molar-refractivity contribution in [3.8, 4) is 0 Å². The van der Waals surface area contributed by atoms with Crippen molar-refractivity contribution in [3.05, 3.63) is 29.8 Å². The third-order valence-corrected chi connectivity index (χ3v) is 3.35. The van der Waals surface area contributed by atoms with Crippen molar-refractivity contribution in [1.29, 1.82) is 0 Å². The van der Waals surface area contributed by atoms with E-state index in [-0.39, 0.29) is 5.91 Å². The number of para-hydroxylation sites is 1. The zero-order chi connectivity index (χ0) is 11.8. The van der Waals surface area contributed by atoms with E-state index in [2.05, 4.69) is 0 Å². The summed E-state index contributed by atoms with van der Waals surface area (Å²) >= 11 is 0. The van der Waals surface area contributed by atoms with Crippen LogP contribution in [0.15, 0.2) is 24.3 Å². The van der Waals surface area contributed by atoms with Gasteiger partial charge in [0.05, 0.1) is 0 Å². The monoisotopic (exact) mass is 239 g/mol. The maximum atomic E-state index is 11.8. The number of hydrogen-bond donors (Lipinski definition) is 0. The van der Waals surface area contributed by atoms with Crippen molar-refractivity contribution >= 4 is 21.4 Å². The summed E-state index contributed by atoms with van der Waals surface area (Å²) in [6.45, 7) is 0.577. The van der Waals surface area contributed by atoms with Gasteiger partial charge in [0.1, 0.15) is 5.75 Å². The summed E-state index contributed by atoms with van der Waals surface area (Å²) in [5, 5.41) is 0. The van der Waals surface area contributed by atoms with Gasteiger partial charge in [-0.25, -0.2) is 8.42 Å². The number of hydrogen-bond acceptors (Lipinski definition) is 3. The van der Waals surface area contributed by atoms with E-state index < -0.39 is 15.6 Å². The Morgan fingerprint density at radius 2 is 2.06 bits per heavy atom. The predicted molar refractivity (Wildman–Crippen MR) is 62.2 cm³/mol. The predicted octanol–water partition coefficient (Wildman–Crippen LogP) is 0.620. The highest BCUT2D eigenvalue weighted by Gasteiger charge is 2.25. The minimum Gasteiger partial charge on any atom is -0.311 e. The van der Waals surface area contributed by atoms with Crippen LogP contribution in [-0.2, 0) is 21.1 Å². The molecule has 0 N–H and O–H groups in total. The van der Waals surface area contributed by atoms with Crippen LogP contribution in [0, 0.1) is 0 Å². The van der Waals surface area contributed by atoms with Gasteiger partial charge in [-0.3, -0.25) is 4.79 Å². The fourth-order valence-electron chi connectivity index (χ4n) is 1.90. The van der Waals surface area contributed by atoms with Gasteiger partial charge in [-0.2, -0.15) is 0 Å². The fraction of sp³-hybridized carbons (Fsp3) is 0.364. The van der Waals surface area contributed by atoms with Crippen LogP contribution in [0.25, 0.3) is 0 Å². The number of fused-ring (bicyclic) bond motifs is 1. The van der Waals surface area contributed by atoms with Gasteiger partial charge in [0.2, 0.25) is 5.91 Å². The van der Waals surface area contributed by atoms with E-state index in [1.165, 1.54) is 0 Å². The Hall–Kier alpha value is -1.36. The van der Waals surface area contributed by atoms with Crippen LogP contribution in [0.2, 0.25) is 0 Å². The molecule has 1 aliphatic heterocycles. The Morgan fingerprint density at radius 1 is 1.38 bits per heavy atom. The number of nitrogens with zero attached hydrogens (tertiary/aromatic N) is 1. The second-order valence-electron chi connectivity index (χ2n) is 3.99. The highest BCUT2D eigenvalue weighted by atomic mass is 32.2. The molecule has 0 aliphatic carbocycles. The molecule has 0 unspecified atom stereocenters. The number of anilines is 1. The van der Waals surface area contributed by atoms with Crippen molar-refractivity contribution < 1.29 is 13.2 Å². The second kappa shape index (κ2) is 3.90. The SMILES string of the molecule is CS(=O)(=O)CC(=O)N1CCc2ccccc21. The molecule has 0 fully saturated rings. The molecule has 1 aromatic rings. The number of carbonyl (C=O) groups excluding carboxylic acids is 1. The zero-order valence-corrected chi connectivity index (χ0v) is 9.83. The van der Waals surface area contributed by atoms with Gasteiger partial charge >= 0.3 is 0 Å². The molecule has 1 amide bonds. The number of sulfone groups is 1. The average molecular weight is 239 g/mol. The van der Waals surface area contributed by atoms with Gasteiger partial charge in [-0.15, -0.1) is 0 Å². The molecule has 0 saturated heterocycles. The van der Waals surface area contributed by atoms with Crippen LogP contribution in [0.3, 0.4) is 0 Å². The second-order valence-corrected chi connectivity index (χ2v) is 6.13. The van der Waals surface area contributed by atoms with Gasteiger partial charge in [0.25, 0.3) is 0 Å². The molecular weight excluding hydrogens is 226 g/mol. The quantitative estimate of drug-likeness (QED) is 0.760. The summed E-state index contributed by atoms with van der Waals surface area (Å²) in [6, 6.07) is 7.58. The van der Waals surface area contributed by atoms with Crippen molar-refractivity contribution in [1.82, 2.24) is 0 Å². The Labute approximate surface area is 94.8 Å². The molecule has 1 aromatic carbocycles. The van der Waals surface area contributed by atoms with Crippen LogP contribution in [0.5, 0.6) is 0 Å². The minimum absolute atomic E-state index is 0.340. The van der Waals surface area contributed by atoms with Crippen molar-refractivity contribution in [2.75, 3.05) is 23.5 Å². The molecule has 1 heterocycles. The van der Waals surface area contributed by atoms with Crippen LogP contribution >= 0.6 is 0 Å². The van der Waals surface area contributed by atoms with E-state index in [0.29, 0.717) is 6.54 Å². The van der Waals surface area contributed by atoms with Gasteiger partial charge < -0.3 is 4.90 Å². The van der Waals surface area contributed by atoms with E-state index >= 15 is 0 Å². The van der Waals surface area contributed by atoms with E-state index in [4.69, 9.17) is 0 Å². The molecule has 0 saturated carbocycles. The minimum atomic E-state index is -3.25. The Kier molecular flexibility index (Phi) is 2.71. The molecule has 2 rings (SSSR count). The highest BCUT2D eigenvalue weighted by molar-refractivity contribution is 7.91. The average Bonchev–Trinajstić information content (AvgIpc) is 2.58. The normalized spacial score (nSPS) is 14.9. The first-order valence-corrected chi connectivity index (χ1v) is 7.09. The maximum absolute atomic E-state index is 11.8. The first-order chi connectivity index (χ1) is 7.47. The Balaban J connectivity index is 2.23. The van der Waals surface area contributed by atoms with Crippen LogP contribution in [0.1, 0.15) is 5.56 Å². The molecule has 5 heteroatoms. The number of rotatable bonds is 2. The van der Waals surface area contributed by atoms with E-state index in [9.17, 15) is 13.2 Å². The largest absolute Gasteiger partial charge is 0.311 e. The lowest BCUT2D eigenvalue weighted by atomic mass is 10.2. The molecular formula is C11H13NO3S. The summed E-state index contributed by atoms with van der Waals surface area (Å²) < 4.78 is 22.1. The Bertz CT molecular complexity index is 522. The molecule has 0 bridgehead atoms. The summed E-state index contributed by atoms with van der Waals surface area (Å²) in [5.74, 6) is -0.756. The van der Waals surface area contributed by atoms with Crippen LogP contribution in [-0.4, -0.2) is 32.9 Å².